The molecule has 0 aliphatic heterocycles. The van der Waals surface area contributed by atoms with Crippen molar-refractivity contribution in [3.8, 4) is 11.1 Å². The van der Waals surface area contributed by atoms with Crippen molar-refractivity contribution in [1.82, 2.24) is 15.2 Å². The highest BCUT2D eigenvalue weighted by atomic mass is 15.1. The lowest BCUT2D eigenvalue weighted by atomic mass is 10.1. The topological polar surface area (TPSA) is 38.7 Å². The summed E-state index contributed by atoms with van der Waals surface area (Å²) >= 11 is 0. The summed E-state index contributed by atoms with van der Waals surface area (Å²) in [5.41, 5.74) is 2.87. The normalized spacial score (nSPS) is 10.5. The van der Waals surface area contributed by atoms with Gasteiger partial charge in [0.25, 0.3) is 0 Å². The molecule has 0 atom stereocenters. The number of benzene rings is 1. The molecule has 3 rings (SSSR count). The van der Waals surface area contributed by atoms with Gasteiger partial charge in [0.15, 0.2) is 0 Å². The van der Waals surface area contributed by atoms with E-state index in [1.165, 1.54) is 0 Å². The lowest BCUT2D eigenvalue weighted by molar-refractivity contribution is 1.03. The van der Waals surface area contributed by atoms with E-state index >= 15 is 0 Å². The second-order valence-corrected chi connectivity index (χ2v) is 3.47. The molecule has 75 valence electrons. The first kappa shape index (κ1) is 8.97. The SMILES string of the molecule is [c]1nc2ccccc2cc1-c1ccnnc1. The van der Waals surface area contributed by atoms with Crippen LogP contribution in [0.25, 0.3) is 22.0 Å². The van der Waals surface area contributed by atoms with E-state index in [-0.39, 0.29) is 0 Å². The Kier molecular flexibility index (Phi) is 2.07. The third-order valence-corrected chi connectivity index (χ3v) is 2.43. The van der Waals surface area contributed by atoms with Crippen LogP contribution in [-0.4, -0.2) is 15.2 Å². The van der Waals surface area contributed by atoms with E-state index in [4.69, 9.17) is 0 Å². The summed E-state index contributed by atoms with van der Waals surface area (Å²) in [6.45, 7) is 0. The van der Waals surface area contributed by atoms with Crippen LogP contribution >= 0.6 is 0 Å². The van der Waals surface area contributed by atoms with Crippen molar-refractivity contribution in [3.05, 3.63) is 55.0 Å². The molecule has 2 aromatic heterocycles. The smallest absolute Gasteiger partial charge is 0.0979 e. The molecule has 3 aromatic rings. The largest absolute Gasteiger partial charge is 0.245 e. The second-order valence-electron chi connectivity index (χ2n) is 3.47. The maximum atomic E-state index is 4.28. The van der Waals surface area contributed by atoms with Crippen molar-refractivity contribution >= 4 is 10.9 Å². The number of aromatic nitrogens is 3. The average Bonchev–Trinajstić information content (AvgIpc) is 2.39. The molecular formula is C13H8N3. The van der Waals surface area contributed by atoms with Crippen molar-refractivity contribution in [3.63, 3.8) is 0 Å². The number of hydrogen-bond donors (Lipinski definition) is 0. The van der Waals surface area contributed by atoms with Crippen molar-refractivity contribution in [1.29, 1.82) is 0 Å². The fourth-order valence-corrected chi connectivity index (χ4v) is 1.62. The van der Waals surface area contributed by atoms with Gasteiger partial charge in [-0.2, -0.15) is 10.2 Å². The number of para-hydroxylation sites is 1. The summed E-state index contributed by atoms with van der Waals surface area (Å²) in [4.78, 5) is 4.28. The zero-order valence-electron chi connectivity index (χ0n) is 8.46. The highest BCUT2D eigenvalue weighted by Gasteiger charge is 2.00. The van der Waals surface area contributed by atoms with Crippen LogP contribution in [0.4, 0.5) is 0 Å². The maximum absolute atomic E-state index is 4.28. The molecule has 0 amide bonds. The third kappa shape index (κ3) is 1.52. The minimum Gasteiger partial charge on any atom is -0.245 e. The molecular weight excluding hydrogens is 198 g/mol. The Labute approximate surface area is 92.8 Å². The van der Waals surface area contributed by atoms with E-state index in [2.05, 4.69) is 27.4 Å². The summed E-state index contributed by atoms with van der Waals surface area (Å²) in [5.74, 6) is 0. The standard InChI is InChI=1S/C13H8N3/c1-2-4-13-10(3-1)7-12(8-14-13)11-5-6-15-16-9-11/h1-7,9H. The summed E-state index contributed by atoms with van der Waals surface area (Å²) < 4.78 is 0. The van der Waals surface area contributed by atoms with Crippen molar-refractivity contribution < 1.29 is 0 Å². The molecule has 0 unspecified atom stereocenters. The predicted molar refractivity (Wildman–Crippen MR) is 61.6 cm³/mol. The molecule has 3 nitrogen and oxygen atoms in total. The van der Waals surface area contributed by atoms with Gasteiger partial charge in [0.2, 0.25) is 0 Å². The van der Waals surface area contributed by atoms with Crippen LogP contribution in [-0.2, 0) is 0 Å². The molecule has 0 saturated heterocycles. The molecule has 0 bridgehead atoms. The van der Waals surface area contributed by atoms with Gasteiger partial charge in [0, 0.05) is 16.5 Å². The van der Waals surface area contributed by atoms with Crippen molar-refractivity contribution in [2.24, 2.45) is 0 Å². The van der Waals surface area contributed by atoms with Gasteiger partial charge in [0.1, 0.15) is 0 Å². The molecule has 0 saturated carbocycles. The first-order chi connectivity index (χ1) is 7.93. The van der Waals surface area contributed by atoms with Crippen LogP contribution in [0.2, 0.25) is 0 Å². The Hall–Kier alpha value is -2.29. The molecule has 0 fully saturated rings. The first-order valence-electron chi connectivity index (χ1n) is 4.98. The highest BCUT2D eigenvalue weighted by Crippen LogP contribution is 2.20. The molecule has 16 heavy (non-hydrogen) atoms. The van der Waals surface area contributed by atoms with Crippen LogP contribution in [0, 0.1) is 6.20 Å². The number of pyridine rings is 1. The summed E-state index contributed by atoms with van der Waals surface area (Å²) in [6.07, 6.45) is 6.39. The second kappa shape index (κ2) is 3.70. The Morgan fingerprint density at radius 1 is 1.00 bits per heavy atom. The summed E-state index contributed by atoms with van der Waals surface area (Å²) in [6, 6.07) is 11.9. The van der Waals surface area contributed by atoms with E-state index in [1.807, 2.05) is 30.3 Å². The van der Waals surface area contributed by atoms with E-state index < -0.39 is 0 Å². The van der Waals surface area contributed by atoms with Gasteiger partial charge in [-0.15, -0.1) is 0 Å². The van der Waals surface area contributed by atoms with Crippen LogP contribution in [0.3, 0.4) is 0 Å². The molecule has 1 radical (unpaired) electrons. The summed E-state index contributed by atoms with van der Waals surface area (Å²) in [5, 5.41) is 8.70. The molecule has 0 N–H and O–H groups in total. The molecule has 0 aliphatic rings. The van der Waals surface area contributed by atoms with E-state index in [1.54, 1.807) is 12.4 Å². The van der Waals surface area contributed by atoms with Crippen molar-refractivity contribution in [2.45, 2.75) is 0 Å². The summed E-state index contributed by atoms with van der Waals surface area (Å²) in [7, 11) is 0. The molecule has 1 aromatic carbocycles. The Morgan fingerprint density at radius 2 is 1.94 bits per heavy atom. The van der Waals surface area contributed by atoms with Gasteiger partial charge in [0.05, 0.1) is 24.1 Å². The van der Waals surface area contributed by atoms with Gasteiger partial charge in [-0.05, 0) is 18.2 Å². The maximum Gasteiger partial charge on any atom is 0.0979 e. The molecule has 3 heteroatoms. The lowest BCUT2D eigenvalue weighted by Crippen LogP contribution is -1.85. The number of hydrogen-bond acceptors (Lipinski definition) is 3. The average molecular weight is 206 g/mol. The Bertz CT molecular complexity index is 620. The minimum atomic E-state index is 0.939. The van der Waals surface area contributed by atoms with Crippen LogP contribution in [0.15, 0.2) is 48.8 Å². The van der Waals surface area contributed by atoms with E-state index in [9.17, 15) is 0 Å². The van der Waals surface area contributed by atoms with Gasteiger partial charge in [-0.25, -0.2) is 4.98 Å². The van der Waals surface area contributed by atoms with Crippen LogP contribution in [0.1, 0.15) is 0 Å². The number of rotatable bonds is 1. The van der Waals surface area contributed by atoms with E-state index in [0.717, 1.165) is 22.0 Å². The minimum absolute atomic E-state index is 0.939. The zero-order chi connectivity index (χ0) is 10.8. The van der Waals surface area contributed by atoms with Gasteiger partial charge >= 0.3 is 0 Å². The fourth-order valence-electron chi connectivity index (χ4n) is 1.62. The van der Waals surface area contributed by atoms with Gasteiger partial charge < -0.3 is 0 Å². The number of nitrogens with zero attached hydrogens (tertiary/aromatic N) is 3. The fraction of sp³-hybridized carbons (Fsp3) is 0. The monoisotopic (exact) mass is 206 g/mol. The quantitative estimate of drug-likeness (QED) is 0.614. The lowest BCUT2D eigenvalue weighted by Gasteiger charge is -2.01. The van der Waals surface area contributed by atoms with E-state index in [0.29, 0.717) is 0 Å². The molecule has 0 spiro atoms. The molecule has 0 aliphatic carbocycles. The van der Waals surface area contributed by atoms with Gasteiger partial charge in [-0.3, -0.25) is 0 Å². The highest BCUT2D eigenvalue weighted by molar-refractivity contribution is 5.82. The predicted octanol–water partition coefficient (Wildman–Crippen LogP) is 2.49. The third-order valence-electron chi connectivity index (χ3n) is 2.43. The zero-order valence-corrected chi connectivity index (χ0v) is 8.46. The van der Waals surface area contributed by atoms with Crippen LogP contribution in [0.5, 0.6) is 0 Å². The first-order valence-corrected chi connectivity index (χ1v) is 4.98. The van der Waals surface area contributed by atoms with Crippen molar-refractivity contribution in [2.75, 3.05) is 0 Å². The van der Waals surface area contributed by atoms with Gasteiger partial charge in [-0.1, -0.05) is 18.2 Å². The van der Waals surface area contributed by atoms with Crippen LogP contribution < -0.4 is 0 Å². The molecule has 2 heterocycles. The Balaban J connectivity index is 2.19. The number of fused-ring (bicyclic) bond motifs is 1. The Morgan fingerprint density at radius 3 is 2.81 bits per heavy atom.